The van der Waals surface area contributed by atoms with Crippen LogP contribution in [0.5, 0.6) is 0 Å². The van der Waals surface area contributed by atoms with Crippen LogP contribution in [0.15, 0.2) is 42.5 Å². The van der Waals surface area contributed by atoms with Crippen LogP contribution in [-0.4, -0.2) is 19.0 Å². The first-order chi connectivity index (χ1) is 8.77. The molecule has 0 heterocycles. The molecule has 2 aromatic carbocycles. The summed E-state index contributed by atoms with van der Waals surface area (Å²) >= 11 is 0. The van der Waals surface area contributed by atoms with E-state index in [0.717, 1.165) is 13.1 Å². The second-order valence-electron chi connectivity index (χ2n) is 4.30. The number of carbonyl (C=O) groups is 1. The number of hydrogen-bond acceptors (Lipinski definition) is 2. The molecule has 0 fully saturated rings. The summed E-state index contributed by atoms with van der Waals surface area (Å²) in [5.74, 6) is 0.0157. The summed E-state index contributed by atoms with van der Waals surface area (Å²) < 4.78 is 0. The van der Waals surface area contributed by atoms with Crippen LogP contribution in [0.2, 0.25) is 0 Å². The fourth-order valence-electron chi connectivity index (χ4n) is 2.00. The highest BCUT2D eigenvalue weighted by Gasteiger charge is 1.99. The van der Waals surface area contributed by atoms with E-state index in [9.17, 15) is 4.79 Å². The molecule has 18 heavy (non-hydrogen) atoms. The molecular weight excluding hydrogens is 224 g/mol. The molecule has 2 aromatic rings. The molecule has 0 atom stereocenters. The zero-order valence-electron chi connectivity index (χ0n) is 10.6. The Kier molecular flexibility index (Phi) is 4.31. The second kappa shape index (κ2) is 6.17. The predicted octanol–water partition coefficient (Wildman–Crippen LogP) is 2.07. The number of carbonyl (C=O) groups excluding carboxylic acids is 1. The van der Waals surface area contributed by atoms with Crippen LogP contribution in [0.1, 0.15) is 12.5 Å². The predicted molar refractivity (Wildman–Crippen MR) is 74.3 cm³/mol. The molecule has 0 radical (unpaired) electrons. The second-order valence-corrected chi connectivity index (χ2v) is 4.30. The van der Waals surface area contributed by atoms with Gasteiger partial charge in [-0.05, 0) is 16.3 Å². The van der Waals surface area contributed by atoms with Gasteiger partial charge in [-0.25, -0.2) is 0 Å². The van der Waals surface area contributed by atoms with Crippen molar-refractivity contribution < 1.29 is 4.79 Å². The van der Waals surface area contributed by atoms with Crippen molar-refractivity contribution in [2.75, 3.05) is 13.1 Å². The number of hydrogen-bond donors (Lipinski definition) is 2. The fourth-order valence-corrected chi connectivity index (χ4v) is 2.00. The molecule has 0 unspecified atom stereocenters. The Morgan fingerprint density at radius 2 is 1.83 bits per heavy atom. The lowest BCUT2D eigenvalue weighted by atomic mass is 10.0. The molecule has 0 spiro atoms. The molecule has 0 bridgehead atoms. The van der Waals surface area contributed by atoms with Gasteiger partial charge in [0, 0.05) is 26.6 Å². The Hall–Kier alpha value is -1.87. The standard InChI is InChI=1S/C15H18N2O/c1-12(18)17-10-9-16-11-14-7-4-6-13-5-2-3-8-15(13)14/h2-8,16H,9-11H2,1H3,(H,17,18). The Labute approximate surface area is 107 Å². The van der Waals surface area contributed by atoms with Crippen LogP contribution in [0.25, 0.3) is 10.8 Å². The first kappa shape index (κ1) is 12.6. The minimum Gasteiger partial charge on any atom is -0.355 e. The quantitative estimate of drug-likeness (QED) is 0.788. The van der Waals surface area contributed by atoms with Crippen LogP contribution in [-0.2, 0) is 11.3 Å². The Bertz CT molecular complexity index is 532. The molecule has 94 valence electrons. The van der Waals surface area contributed by atoms with Crippen LogP contribution in [0.3, 0.4) is 0 Å². The van der Waals surface area contributed by atoms with E-state index in [1.54, 1.807) is 0 Å². The summed E-state index contributed by atoms with van der Waals surface area (Å²) in [6.45, 7) is 3.80. The molecule has 0 saturated heterocycles. The molecular formula is C15H18N2O. The number of fused-ring (bicyclic) bond motifs is 1. The van der Waals surface area contributed by atoms with Crippen molar-refractivity contribution in [3.63, 3.8) is 0 Å². The molecule has 3 nitrogen and oxygen atoms in total. The Morgan fingerprint density at radius 3 is 2.67 bits per heavy atom. The third-order valence-corrected chi connectivity index (χ3v) is 2.87. The summed E-state index contributed by atoms with van der Waals surface area (Å²) in [7, 11) is 0. The highest BCUT2D eigenvalue weighted by Crippen LogP contribution is 2.17. The van der Waals surface area contributed by atoms with Gasteiger partial charge in [0.05, 0.1) is 0 Å². The van der Waals surface area contributed by atoms with E-state index in [2.05, 4.69) is 53.1 Å². The molecule has 3 heteroatoms. The van der Waals surface area contributed by atoms with Crippen molar-refractivity contribution >= 4 is 16.7 Å². The van der Waals surface area contributed by atoms with E-state index in [4.69, 9.17) is 0 Å². The molecule has 0 aliphatic heterocycles. The van der Waals surface area contributed by atoms with Gasteiger partial charge < -0.3 is 10.6 Å². The maximum absolute atomic E-state index is 10.7. The van der Waals surface area contributed by atoms with E-state index in [1.165, 1.54) is 23.3 Å². The number of amides is 1. The van der Waals surface area contributed by atoms with Crippen LogP contribution >= 0.6 is 0 Å². The minimum absolute atomic E-state index is 0.0157. The maximum atomic E-state index is 10.7. The number of benzene rings is 2. The monoisotopic (exact) mass is 242 g/mol. The highest BCUT2D eigenvalue weighted by molar-refractivity contribution is 5.85. The van der Waals surface area contributed by atoms with E-state index in [-0.39, 0.29) is 5.91 Å². The smallest absolute Gasteiger partial charge is 0.216 e. The van der Waals surface area contributed by atoms with Gasteiger partial charge in [-0.2, -0.15) is 0 Å². The molecule has 2 rings (SSSR count). The first-order valence-electron chi connectivity index (χ1n) is 6.19. The van der Waals surface area contributed by atoms with Gasteiger partial charge in [0.15, 0.2) is 0 Å². The maximum Gasteiger partial charge on any atom is 0.216 e. The summed E-state index contributed by atoms with van der Waals surface area (Å²) in [4.78, 5) is 10.7. The summed E-state index contributed by atoms with van der Waals surface area (Å²) in [6, 6.07) is 14.7. The number of nitrogens with one attached hydrogen (secondary N) is 2. The first-order valence-corrected chi connectivity index (χ1v) is 6.19. The average molecular weight is 242 g/mol. The SMILES string of the molecule is CC(=O)NCCNCc1cccc2ccccc12. The van der Waals surface area contributed by atoms with Gasteiger partial charge in [0.25, 0.3) is 0 Å². The number of rotatable bonds is 5. The van der Waals surface area contributed by atoms with E-state index in [1.807, 2.05) is 0 Å². The van der Waals surface area contributed by atoms with Gasteiger partial charge in [-0.3, -0.25) is 4.79 Å². The third kappa shape index (κ3) is 3.31. The average Bonchev–Trinajstić information content (AvgIpc) is 2.38. The Morgan fingerprint density at radius 1 is 1.06 bits per heavy atom. The lowest BCUT2D eigenvalue weighted by Gasteiger charge is -2.08. The highest BCUT2D eigenvalue weighted by atomic mass is 16.1. The van der Waals surface area contributed by atoms with Gasteiger partial charge >= 0.3 is 0 Å². The third-order valence-electron chi connectivity index (χ3n) is 2.87. The zero-order valence-corrected chi connectivity index (χ0v) is 10.6. The lowest BCUT2D eigenvalue weighted by molar-refractivity contribution is -0.118. The molecule has 1 amide bonds. The van der Waals surface area contributed by atoms with Crippen LogP contribution in [0.4, 0.5) is 0 Å². The zero-order chi connectivity index (χ0) is 12.8. The molecule has 0 saturated carbocycles. The molecule has 0 aromatic heterocycles. The van der Waals surface area contributed by atoms with Crippen LogP contribution < -0.4 is 10.6 Å². The lowest BCUT2D eigenvalue weighted by Crippen LogP contribution is -2.29. The van der Waals surface area contributed by atoms with Gasteiger partial charge in [-0.1, -0.05) is 42.5 Å². The minimum atomic E-state index is 0.0157. The van der Waals surface area contributed by atoms with Crippen molar-refractivity contribution in [3.8, 4) is 0 Å². The van der Waals surface area contributed by atoms with Crippen LogP contribution in [0, 0.1) is 0 Å². The van der Waals surface area contributed by atoms with E-state index < -0.39 is 0 Å². The molecule has 2 N–H and O–H groups in total. The van der Waals surface area contributed by atoms with Crippen molar-refractivity contribution in [2.24, 2.45) is 0 Å². The van der Waals surface area contributed by atoms with Crippen molar-refractivity contribution in [3.05, 3.63) is 48.0 Å². The summed E-state index contributed by atoms with van der Waals surface area (Å²) in [5, 5.41) is 8.65. The largest absolute Gasteiger partial charge is 0.355 e. The van der Waals surface area contributed by atoms with Gasteiger partial charge in [0.2, 0.25) is 5.91 Å². The van der Waals surface area contributed by atoms with Gasteiger partial charge in [0.1, 0.15) is 0 Å². The summed E-state index contributed by atoms with van der Waals surface area (Å²) in [6.07, 6.45) is 0. The van der Waals surface area contributed by atoms with Crippen molar-refractivity contribution in [1.29, 1.82) is 0 Å². The normalized spacial score (nSPS) is 10.5. The summed E-state index contributed by atoms with van der Waals surface area (Å²) in [5.41, 5.74) is 1.29. The van der Waals surface area contributed by atoms with Gasteiger partial charge in [-0.15, -0.1) is 0 Å². The molecule has 0 aliphatic rings. The molecule has 0 aliphatic carbocycles. The fraction of sp³-hybridized carbons (Fsp3) is 0.267. The van der Waals surface area contributed by atoms with Crippen molar-refractivity contribution in [1.82, 2.24) is 10.6 Å². The van der Waals surface area contributed by atoms with E-state index in [0.29, 0.717) is 6.54 Å². The Balaban J connectivity index is 1.93. The van der Waals surface area contributed by atoms with E-state index >= 15 is 0 Å². The van der Waals surface area contributed by atoms with Crippen molar-refractivity contribution in [2.45, 2.75) is 13.5 Å². The topological polar surface area (TPSA) is 41.1 Å².